The van der Waals surface area contributed by atoms with Crippen LogP contribution in [0.4, 0.5) is 0 Å². The van der Waals surface area contributed by atoms with E-state index < -0.39 is 0 Å². The van der Waals surface area contributed by atoms with Crippen LogP contribution < -0.4 is 5.73 Å². The second kappa shape index (κ2) is 7.05. The third-order valence-corrected chi connectivity index (χ3v) is 1.28. The van der Waals surface area contributed by atoms with Crippen molar-refractivity contribution < 1.29 is 4.79 Å². The second-order valence-corrected chi connectivity index (χ2v) is 2.25. The lowest BCUT2D eigenvalue weighted by atomic mass is 10.1. The van der Waals surface area contributed by atoms with Crippen LogP contribution >= 0.6 is 0 Å². The zero-order chi connectivity index (χ0) is 8.53. The Kier molecular flexibility index (Phi) is 6.37. The van der Waals surface area contributed by atoms with E-state index in [0.717, 1.165) is 19.1 Å². The minimum atomic E-state index is -0.360. The van der Waals surface area contributed by atoms with Crippen molar-refractivity contribution in [2.45, 2.75) is 25.3 Å². The molecule has 0 aliphatic heterocycles. The molecule has 0 rings (SSSR count). The van der Waals surface area contributed by atoms with Gasteiger partial charge < -0.3 is 10.5 Å². The van der Waals surface area contributed by atoms with Gasteiger partial charge in [-0.25, -0.2) is 0 Å². The fraction of sp³-hybridized carbons (Fsp3) is 0.833. The number of aldehydes is 1. The summed E-state index contributed by atoms with van der Waals surface area (Å²) in [5.41, 5.74) is 13.2. The Balaban J connectivity index is 3.13. The molecular formula is C6H12N4O. The molecule has 0 aliphatic rings. The molecule has 0 radical (unpaired) electrons. The minimum Gasteiger partial charge on any atom is -0.322 e. The highest BCUT2D eigenvalue weighted by Gasteiger charge is 1.97. The molecule has 1 unspecified atom stereocenters. The standard InChI is InChI=1S/C6H12N4O/c7-6(5-11)3-1-2-4-9-10-8/h5-6H,1-4,7H2. The van der Waals surface area contributed by atoms with Gasteiger partial charge in [-0.2, -0.15) is 0 Å². The maximum atomic E-state index is 10.0. The molecule has 11 heavy (non-hydrogen) atoms. The zero-order valence-electron chi connectivity index (χ0n) is 6.31. The van der Waals surface area contributed by atoms with Crippen molar-refractivity contribution in [3.63, 3.8) is 0 Å². The van der Waals surface area contributed by atoms with E-state index in [0.29, 0.717) is 13.0 Å². The average molecular weight is 156 g/mol. The molecule has 2 N–H and O–H groups in total. The first-order valence-corrected chi connectivity index (χ1v) is 3.53. The smallest absolute Gasteiger partial charge is 0.136 e. The molecule has 0 spiro atoms. The summed E-state index contributed by atoms with van der Waals surface area (Å²) in [4.78, 5) is 12.6. The van der Waals surface area contributed by atoms with Gasteiger partial charge in [-0.1, -0.05) is 11.5 Å². The van der Waals surface area contributed by atoms with Crippen molar-refractivity contribution in [3.05, 3.63) is 10.4 Å². The lowest BCUT2D eigenvalue weighted by molar-refractivity contribution is -0.109. The topological polar surface area (TPSA) is 91.8 Å². The SMILES string of the molecule is [N-]=[N+]=NCCCCC(N)C=O. The van der Waals surface area contributed by atoms with Gasteiger partial charge in [0.25, 0.3) is 0 Å². The number of azide groups is 1. The predicted molar refractivity (Wildman–Crippen MR) is 41.9 cm³/mol. The van der Waals surface area contributed by atoms with Gasteiger partial charge in [-0.05, 0) is 18.4 Å². The van der Waals surface area contributed by atoms with E-state index in [1.54, 1.807) is 0 Å². The molecule has 5 heteroatoms. The van der Waals surface area contributed by atoms with Crippen LogP contribution in [0.1, 0.15) is 19.3 Å². The van der Waals surface area contributed by atoms with Crippen molar-refractivity contribution in [1.29, 1.82) is 0 Å². The van der Waals surface area contributed by atoms with Crippen molar-refractivity contribution in [3.8, 4) is 0 Å². The fourth-order valence-corrected chi connectivity index (χ4v) is 0.675. The van der Waals surface area contributed by atoms with Gasteiger partial charge in [0, 0.05) is 11.5 Å². The van der Waals surface area contributed by atoms with Crippen LogP contribution in [-0.4, -0.2) is 18.9 Å². The third kappa shape index (κ3) is 6.83. The molecule has 5 nitrogen and oxygen atoms in total. The van der Waals surface area contributed by atoms with Crippen LogP contribution in [0.5, 0.6) is 0 Å². The monoisotopic (exact) mass is 156 g/mol. The number of carbonyl (C=O) groups excluding carboxylic acids is 1. The Bertz CT molecular complexity index is 153. The van der Waals surface area contributed by atoms with Gasteiger partial charge in [-0.3, -0.25) is 0 Å². The van der Waals surface area contributed by atoms with Crippen LogP contribution in [0.2, 0.25) is 0 Å². The van der Waals surface area contributed by atoms with Crippen LogP contribution in [-0.2, 0) is 4.79 Å². The highest BCUT2D eigenvalue weighted by molar-refractivity contribution is 5.56. The molecule has 0 amide bonds. The molecule has 0 aromatic heterocycles. The molecule has 0 aliphatic carbocycles. The van der Waals surface area contributed by atoms with Gasteiger partial charge in [0.1, 0.15) is 6.29 Å². The Morgan fingerprint density at radius 2 is 2.36 bits per heavy atom. The molecule has 0 aromatic rings. The number of nitrogens with zero attached hydrogens (tertiary/aromatic N) is 3. The maximum absolute atomic E-state index is 10.0. The maximum Gasteiger partial charge on any atom is 0.136 e. The molecular weight excluding hydrogens is 144 g/mol. The predicted octanol–water partition coefficient (Wildman–Crippen LogP) is 0.993. The molecule has 0 heterocycles. The summed E-state index contributed by atoms with van der Waals surface area (Å²) < 4.78 is 0. The normalized spacial score (nSPS) is 11.7. The lowest BCUT2D eigenvalue weighted by Gasteiger charge is -2.00. The Morgan fingerprint density at radius 1 is 1.64 bits per heavy atom. The first-order valence-electron chi connectivity index (χ1n) is 3.53. The van der Waals surface area contributed by atoms with E-state index in [2.05, 4.69) is 10.0 Å². The molecule has 0 bridgehead atoms. The summed E-state index contributed by atoms with van der Waals surface area (Å²) in [6.07, 6.45) is 3.03. The first-order chi connectivity index (χ1) is 5.31. The molecule has 0 saturated carbocycles. The summed E-state index contributed by atoms with van der Waals surface area (Å²) in [7, 11) is 0. The number of unbranched alkanes of at least 4 members (excludes halogenated alkanes) is 1. The highest BCUT2D eigenvalue weighted by Crippen LogP contribution is 1.97. The largest absolute Gasteiger partial charge is 0.322 e. The van der Waals surface area contributed by atoms with Crippen molar-refractivity contribution in [2.24, 2.45) is 10.8 Å². The Hall–Kier alpha value is -1.06. The van der Waals surface area contributed by atoms with E-state index in [9.17, 15) is 4.79 Å². The van der Waals surface area contributed by atoms with Gasteiger partial charge >= 0.3 is 0 Å². The highest BCUT2D eigenvalue weighted by atomic mass is 16.1. The second-order valence-electron chi connectivity index (χ2n) is 2.25. The molecule has 1 atom stereocenters. The van der Waals surface area contributed by atoms with Crippen LogP contribution in [0.15, 0.2) is 5.11 Å². The van der Waals surface area contributed by atoms with E-state index >= 15 is 0 Å². The van der Waals surface area contributed by atoms with E-state index in [-0.39, 0.29) is 6.04 Å². The Morgan fingerprint density at radius 3 is 2.91 bits per heavy atom. The molecule has 62 valence electrons. The number of carbonyl (C=O) groups is 1. The van der Waals surface area contributed by atoms with E-state index in [4.69, 9.17) is 11.3 Å². The summed E-state index contributed by atoms with van der Waals surface area (Å²) in [5.74, 6) is 0. The van der Waals surface area contributed by atoms with Crippen molar-refractivity contribution in [1.82, 2.24) is 0 Å². The van der Waals surface area contributed by atoms with Gasteiger partial charge in [0.15, 0.2) is 0 Å². The van der Waals surface area contributed by atoms with E-state index in [1.807, 2.05) is 0 Å². The van der Waals surface area contributed by atoms with Crippen molar-refractivity contribution in [2.75, 3.05) is 6.54 Å². The summed E-state index contributed by atoms with van der Waals surface area (Å²) in [5, 5.41) is 3.35. The van der Waals surface area contributed by atoms with Gasteiger partial charge in [0.2, 0.25) is 0 Å². The lowest BCUT2D eigenvalue weighted by Crippen LogP contribution is -2.20. The van der Waals surface area contributed by atoms with Gasteiger partial charge in [-0.15, -0.1) is 0 Å². The summed E-state index contributed by atoms with van der Waals surface area (Å²) in [6.45, 7) is 0.488. The molecule has 0 fully saturated rings. The van der Waals surface area contributed by atoms with Crippen molar-refractivity contribution >= 4 is 6.29 Å². The average Bonchev–Trinajstić information content (AvgIpc) is 2.04. The van der Waals surface area contributed by atoms with Crippen LogP contribution in [0.3, 0.4) is 0 Å². The Labute approximate surface area is 65.2 Å². The number of nitrogens with two attached hydrogens (primary N) is 1. The fourth-order valence-electron chi connectivity index (χ4n) is 0.675. The first kappa shape index (κ1) is 9.94. The number of hydrogen-bond acceptors (Lipinski definition) is 3. The number of rotatable bonds is 6. The zero-order valence-corrected chi connectivity index (χ0v) is 6.31. The quantitative estimate of drug-likeness (QED) is 0.204. The van der Waals surface area contributed by atoms with Crippen LogP contribution in [0.25, 0.3) is 10.4 Å². The van der Waals surface area contributed by atoms with Gasteiger partial charge in [0.05, 0.1) is 6.04 Å². The third-order valence-electron chi connectivity index (χ3n) is 1.28. The molecule has 0 aromatic carbocycles. The molecule has 0 saturated heterocycles. The number of hydrogen-bond donors (Lipinski definition) is 1. The summed E-state index contributed by atoms with van der Waals surface area (Å²) >= 11 is 0. The summed E-state index contributed by atoms with van der Waals surface area (Å²) in [6, 6.07) is -0.360. The van der Waals surface area contributed by atoms with Crippen LogP contribution in [0, 0.1) is 0 Å². The van der Waals surface area contributed by atoms with E-state index in [1.165, 1.54) is 0 Å². The minimum absolute atomic E-state index is 0.360.